The van der Waals surface area contributed by atoms with E-state index >= 15 is 0 Å². The number of nitrogens with zero attached hydrogens (tertiary/aromatic N) is 2. The molecule has 1 fully saturated rings. The van der Waals surface area contributed by atoms with E-state index in [2.05, 4.69) is 10.3 Å². The largest absolute Gasteiger partial charge is 0.496 e. The molecule has 0 spiro atoms. The van der Waals surface area contributed by atoms with Gasteiger partial charge in [0.1, 0.15) is 11.6 Å². The number of carbonyl (C=O) groups is 1. The van der Waals surface area contributed by atoms with Crippen molar-refractivity contribution in [3.05, 3.63) is 48.0 Å². The number of rotatable bonds is 5. The highest BCUT2D eigenvalue weighted by molar-refractivity contribution is 5.92. The van der Waals surface area contributed by atoms with Gasteiger partial charge in [-0.15, -0.1) is 0 Å². The van der Waals surface area contributed by atoms with Crippen LogP contribution in [0.4, 0.5) is 0 Å². The molecule has 1 amide bonds. The molecule has 1 aliphatic carbocycles. The number of nitrogens with one attached hydrogen (secondary N) is 1. The zero-order valence-electron chi connectivity index (χ0n) is 12.3. The summed E-state index contributed by atoms with van der Waals surface area (Å²) in [5.74, 6) is 1.68. The van der Waals surface area contributed by atoms with E-state index in [4.69, 9.17) is 4.74 Å². The molecule has 1 aromatic carbocycles. The van der Waals surface area contributed by atoms with Gasteiger partial charge in [-0.05, 0) is 18.9 Å². The van der Waals surface area contributed by atoms with Crippen molar-refractivity contribution in [2.24, 2.45) is 7.05 Å². The molecule has 21 heavy (non-hydrogen) atoms. The van der Waals surface area contributed by atoms with E-state index < -0.39 is 5.41 Å². The summed E-state index contributed by atoms with van der Waals surface area (Å²) in [6.45, 7) is 0.444. The molecule has 5 nitrogen and oxygen atoms in total. The molecule has 0 bridgehead atoms. The second-order valence-corrected chi connectivity index (χ2v) is 5.42. The lowest BCUT2D eigenvalue weighted by atomic mass is 9.94. The number of benzene rings is 1. The summed E-state index contributed by atoms with van der Waals surface area (Å²) in [5.41, 5.74) is 0.544. The van der Waals surface area contributed by atoms with Gasteiger partial charge in [0.05, 0.1) is 19.1 Å². The average Bonchev–Trinajstić information content (AvgIpc) is 3.22. The van der Waals surface area contributed by atoms with Gasteiger partial charge >= 0.3 is 0 Å². The van der Waals surface area contributed by atoms with E-state index in [1.54, 1.807) is 13.3 Å². The van der Waals surface area contributed by atoms with Crippen molar-refractivity contribution in [2.75, 3.05) is 7.11 Å². The maximum Gasteiger partial charge on any atom is 0.231 e. The molecule has 0 radical (unpaired) electrons. The van der Waals surface area contributed by atoms with Gasteiger partial charge in [0.25, 0.3) is 0 Å². The van der Waals surface area contributed by atoms with E-state index in [1.165, 1.54) is 0 Å². The third-order valence-corrected chi connectivity index (χ3v) is 4.14. The Labute approximate surface area is 124 Å². The van der Waals surface area contributed by atoms with Crippen LogP contribution in [0.5, 0.6) is 5.75 Å². The number of imidazole rings is 1. The molecule has 0 aliphatic heterocycles. The van der Waals surface area contributed by atoms with Gasteiger partial charge < -0.3 is 14.6 Å². The van der Waals surface area contributed by atoms with Crippen molar-refractivity contribution in [3.8, 4) is 5.75 Å². The van der Waals surface area contributed by atoms with Crippen LogP contribution in [0.15, 0.2) is 36.7 Å². The molecule has 0 saturated heterocycles. The molecule has 1 aromatic heterocycles. The van der Waals surface area contributed by atoms with Crippen LogP contribution in [-0.4, -0.2) is 22.6 Å². The Balaban J connectivity index is 1.76. The molecular formula is C16H19N3O2. The Bertz CT molecular complexity index is 659. The molecule has 1 aliphatic rings. The summed E-state index contributed by atoms with van der Waals surface area (Å²) in [7, 11) is 3.56. The number of aromatic nitrogens is 2. The predicted octanol–water partition coefficient (Wildman–Crippen LogP) is 1.78. The van der Waals surface area contributed by atoms with Crippen LogP contribution >= 0.6 is 0 Å². The first-order valence-electron chi connectivity index (χ1n) is 7.05. The topological polar surface area (TPSA) is 56.1 Å². The number of aryl methyl sites for hydroxylation is 1. The summed E-state index contributed by atoms with van der Waals surface area (Å²) in [5, 5.41) is 3.00. The molecule has 5 heteroatoms. The molecule has 2 aromatic rings. The number of hydrogen-bond acceptors (Lipinski definition) is 3. The molecule has 1 heterocycles. The molecule has 110 valence electrons. The molecule has 0 atom stereocenters. The van der Waals surface area contributed by atoms with E-state index in [1.807, 2.05) is 42.1 Å². The van der Waals surface area contributed by atoms with Crippen molar-refractivity contribution in [1.29, 1.82) is 0 Å². The first-order chi connectivity index (χ1) is 10.2. The van der Waals surface area contributed by atoms with Gasteiger partial charge in [-0.25, -0.2) is 4.98 Å². The highest BCUT2D eigenvalue weighted by Crippen LogP contribution is 2.51. The zero-order valence-corrected chi connectivity index (χ0v) is 12.3. The number of carbonyl (C=O) groups excluding carboxylic acids is 1. The third kappa shape index (κ3) is 2.39. The lowest BCUT2D eigenvalue weighted by Gasteiger charge is -2.18. The minimum Gasteiger partial charge on any atom is -0.496 e. The van der Waals surface area contributed by atoms with Gasteiger partial charge in [0, 0.05) is 25.0 Å². The van der Waals surface area contributed by atoms with Gasteiger partial charge in [-0.2, -0.15) is 0 Å². The summed E-state index contributed by atoms with van der Waals surface area (Å²) in [4.78, 5) is 16.8. The summed E-state index contributed by atoms with van der Waals surface area (Å²) in [6, 6.07) is 7.75. The highest BCUT2D eigenvalue weighted by atomic mass is 16.5. The zero-order chi connectivity index (χ0) is 14.9. The average molecular weight is 285 g/mol. The third-order valence-electron chi connectivity index (χ3n) is 4.14. The lowest BCUT2D eigenvalue weighted by Crippen LogP contribution is -2.35. The maximum absolute atomic E-state index is 12.6. The molecule has 0 unspecified atom stereocenters. The van der Waals surface area contributed by atoms with E-state index in [0.717, 1.165) is 30.0 Å². The number of hydrogen-bond donors (Lipinski definition) is 1. The molecule has 1 saturated carbocycles. The van der Waals surface area contributed by atoms with Crippen LogP contribution in [0.3, 0.4) is 0 Å². The van der Waals surface area contributed by atoms with Gasteiger partial charge in [-0.3, -0.25) is 4.79 Å². The Kier molecular flexibility index (Phi) is 3.41. The maximum atomic E-state index is 12.6. The second-order valence-electron chi connectivity index (χ2n) is 5.42. The lowest BCUT2D eigenvalue weighted by molar-refractivity contribution is -0.123. The molecular weight excluding hydrogens is 266 g/mol. The molecule has 1 N–H and O–H groups in total. The van der Waals surface area contributed by atoms with Crippen molar-refractivity contribution < 1.29 is 9.53 Å². The first-order valence-corrected chi connectivity index (χ1v) is 7.05. The number of amides is 1. The monoisotopic (exact) mass is 285 g/mol. The van der Waals surface area contributed by atoms with E-state index in [-0.39, 0.29) is 5.91 Å². The highest BCUT2D eigenvalue weighted by Gasteiger charge is 2.52. The van der Waals surface area contributed by atoms with E-state index in [0.29, 0.717) is 6.54 Å². The quantitative estimate of drug-likeness (QED) is 0.911. The van der Waals surface area contributed by atoms with Crippen LogP contribution in [0.25, 0.3) is 0 Å². The molecule has 3 rings (SSSR count). The normalized spacial score (nSPS) is 15.5. The Hall–Kier alpha value is -2.30. The summed E-state index contributed by atoms with van der Waals surface area (Å²) < 4.78 is 7.30. The first kappa shape index (κ1) is 13.7. The number of ether oxygens (including phenoxy) is 1. The summed E-state index contributed by atoms with van der Waals surface area (Å²) in [6.07, 6.45) is 5.32. The minimum atomic E-state index is -0.433. The number of para-hydroxylation sites is 1. The van der Waals surface area contributed by atoms with Crippen LogP contribution < -0.4 is 10.1 Å². The van der Waals surface area contributed by atoms with Crippen molar-refractivity contribution in [3.63, 3.8) is 0 Å². The fraction of sp³-hybridized carbons (Fsp3) is 0.375. The Morgan fingerprint density at radius 2 is 2.19 bits per heavy atom. The van der Waals surface area contributed by atoms with Crippen molar-refractivity contribution in [2.45, 2.75) is 24.8 Å². The summed E-state index contributed by atoms with van der Waals surface area (Å²) >= 11 is 0. The number of methoxy groups -OCH3 is 1. The van der Waals surface area contributed by atoms with Gasteiger partial charge in [0.15, 0.2) is 0 Å². The standard InChI is InChI=1S/C16H19N3O2/c1-19-10-9-17-14(19)11-18-15(20)16(7-8-16)12-5-3-4-6-13(12)21-2/h3-6,9-10H,7-8,11H2,1-2H3,(H,18,20). The van der Waals surface area contributed by atoms with Crippen molar-refractivity contribution in [1.82, 2.24) is 14.9 Å². The smallest absolute Gasteiger partial charge is 0.231 e. The minimum absolute atomic E-state index is 0.0509. The fourth-order valence-corrected chi connectivity index (χ4v) is 2.68. The van der Waals surface area contributed by atoms with E-state index in [9.17, 15) is 4.79 Å². The SMILES string of the molecule is COc1ccccc1C1(C(=O)NCc2nccn2C)CC1. The van der Waals surface area contributed by atoms with Crippen LogP contribution in [0.2, 0.25) is 0 Å². The second kappa shape index (κ2) is 5.24. The van der Waals surface area contributed by atoms with Crippen LogP contribution in [0, 0.1) is 0 Å². The fourth-order valence-electron chi connectivity index (χ4n) is 2.68. The van der Waals surface area contributed by atoms with Crippen molar-refractivity contribution >= 4 is 5.91 Å². The van der Waals surface area contributed by atoms with Gasteiger partial charge in [-0.1, -0.05) is 18.2 Å². The van der Waals surface area contributed by atoms with Crippen LogP contribution in [-0.2, 0) is 23.8 Å². The van der Waals surface area contributed by atoms with Crippen LogP contribution in [0.1, 0.15) is 24.2 Å². The predicted molar refractivity (Wildman–Crippen MR) is 79.0 cm³/mol. The van der Waals surface area contributed by atoms with Gasteiger partial charge in [0.2, 0.25) is 5.91 Å². The Morgan fingerprint density at radius 1 is 1.43 bits per heavy atom. The Morgan fingerprint density at radius 3 is 2.81 bits per heavy atom.